The lowest BCUT2D eigenvalue weighted by molar-refractivity contribution is -0.129. The molecule has 1 amide bonds. The monoisotopic (exact) mass is 450 g/mol. The Balaban J connectivity index is 1.50. The van der Waals surface area contributed by atoms with Gasteiger partial charge < -0.3 is 9.64 Å². The zero-order valence-electron chi connectivity index (χ0n) is 14.6. The molecule has 0 bridgehead atoms. The molecule has 0 unspecified atom stereocenters. The third-order valence-corrected chi connectivity index (χ3v) is 6.24. The lowest BCUT2D eigenvalue weighted by atomic mass is 10.2. The van der Waals surface area contributed by atoms with E-state index in [0.29, 0.717) is 19.6 Å². The molecule has 136 valence electrons. The summed E-state index contributed by atoms with van der Waals surface area (Å²) >= 11 is 6.61. The van der Waals surface area contributed by atoms with E-state index < -0.39 is 0 Å². The summed E-state index contributed by atoms with van der Waals surface area (Å²) in [5.41, 5.74) is 1.99. The number of halogens is 1. The average Bonchev–Trinajstić information content (AvgIpc) is 3.23. The standard InChI is InChI=1S/C19H19BrN2O2S2/c1-13-3-5-15(6-4-13)24-11-18-21-14(12-25-18)9-19(23)22(2)10-16-7-8-17(20)26-16/h3-8,12H,9-11H2,1-2H3. The Kier molecular flexibility index (Phi) is 6.45. The molecule has 2 heterocycles. The summed E-state index contributed by atoms with van der Waals surface area (Å²) in [4.78, 5) is 19.8. The van der Waals surface area contributed by atoms with E-state index in [9.17, 15) is 4.79 Å². The van der Waals surface area contributed by atoms with Gasteiger partial charge in [0.2, 0.25) is 5.91 Å². The van der Waals surface area contributed by atoms with Gasteiger partial charge >= 0.3 is 0 Å². The number of benzene rings is 1. The van der Waals surface area contributed by atoms with E-state index in [1.807, 2.05) is 55.7 Å². The zero-order valence-corrected chi connectivity index (χ0v) is 17.8. The molecule has 0 spiro atoms. The number of thiazole rings is 1. The first-order valence-electron chi connectivity index (χ1n) is 8.10. The van der Waals surface area contributed by atoms with Gasteiger partial charge in [-0.05, 0) is 47.1 Å². The predicted molar refractivity (Wildman–Crippen MR) is 110 cm³/mol. The topological polar surface area (TPSA) is 42.4 Å². The predicted octanol–water partition coefficient (Wildman–Crippen LogP) is 5.06. The molecule has 0 fully saturated rings. The number of amides is 1. The minimum Gasteiger partial charge on any atom is -0.486 e. The van der Waals surface area contributed by atoms with Crippen molar-refractivity contribution in [3.63, 3.8) is 0 Å². The minimum absolute atomic E-state index is 0.0609. The molecule has 2 aromatic heterocycles. The molecule has 0 atom stereocenters. The van der Waals surface area contributed by atoms with Crippen LogP contribution in [0.25, 0.3) is 0 Å². The smallest absolute Gasteiger partial charge is 0.228 e. The summed E-state index contributed by atoms with van der Waals surface area (Å²) in [6, 6.07) is 12.0. The molecule has 0 aliphatic rings. The highest BCUT2D eigenvalue weighted by Gasteiger charge is 2.13. The summed E-state index contributed by atoms with van der Waals surface area (Å²) in [6.07, 6.45) is 0.310. The van der Waals surface area contributed by atoms with E-state index in [1.165, 1.54) is 16.9 Å². The maximum atomic E-state index is 12.4. The number of hydrogen-bond donors (Lipinski definition) is 0. The number of likely N-dealkylation sites (N-methyl/N-ethyl adjacent to an activating group) is 1. The van der Waals surface area contributed by atoms with Gasteiger partial charge in [-0.3, -0.25) is 4.79 Å². The van der Waals surface area contributed by atoms with Crippen molar-refractivity contribution in [3.8, 4) is 5.75 Å². The maximum Gasteiger partial charge on any atom is 0.228 e. The molecule has 3 rings (SSSR count). The van der Waals surface area contributed by atoms with Crippen LogP contribution in [0.1, 0.15) is 21.1 Å². The van der Waals surface area contributed by atoms with E-state index in [-0.39, 0.29) is 5.91 Å². The summed E-state index contributed by atoms with van der Waals surface area (Å²) in [6.45, 7) is 3.08. The Bertz CT molecular complexity index is 874. The molecule has 3 aromatic rings. The molecule has 0 saturated heterocycles. The molecule has 0 aliphatic carbocycles. The van der Waals surface area contributed by atoms with Crippen molar-refractivity contribution in [1.29, 1.82) is 0 Å². The van der Waals surface area contributed by atoms with Gasteiger partial charge in [0.15, 0.2) is 0 Å². The highest BCUT2D eigenvalue weighted by atomic mass is 79.9. The molecule has 0 aliphatic heterocycles. The third-order valence-electron chi connectivity index (χ3n) is 3.76. The third kappa shape index (κ3) is 5.40. The van der Waals surface area contributed by atoms with Crippen molar-refractivity contribution in [1.82, 2.24) is 9.88 Å². The van der Waals surface area contributed by atoms with Crippen LogP contribution in [0.3, 0.4) is 0 Å². The molecule has 0 radical (unpaired) electrons. The second-order valence-corrected chi connectivity index (χ2v) is 9.46. The molecule has 26 heavy (non-hydrogen) atoms. The van der Waals surface area contributed by atoms with Crippen molar-refractivity contribution in [2.45, 2.75) is 26.5 Å². The number of rotatable bonds is 7. The van der Waals surface area contributed by atoms with E-state index in [0.717, 1.165) is 25.1 Å². The Morgan fingerprint density at radius 3 is 2.69 bits per heavy atom. The molecular weight excluding hydrogens is 432 g/mol. The molecule has 7 heteroatoms. The van der Waals surface area contributed by atoms with Crippen LogP contribution < -0.4 is 4.74 Å². The van der Waals surface area contributed by atoms with E-state index in [1.54, 1.807) is 16.2 Å². The molecule has 1 aromatic carbocycles. The highest BCUT2D eigenvalue weighted by molar-refractivity contribution is 9.11. The Hall–Kier alpha value is -1.70. The van der Waals surface area contributed by atoms with E-state index in [2.05, 4.69) is 20.9 Å². The average molecular weight is 451 g/mol. The maximum absolute atomic E-state index is 12.4. The molecule has 4 nitrogen and oxygen atoms in total. The van der Waals surface area contributed by atoms with Crippen LogP contribution >= 0.6 is 38.6 Å². The van der Waals surface area contributed by atoms with Gasteiger partial charge in [0, 0.05) is 17.3 Å². The van der Waals surface area contributed by atoms with Crippen LogP contribution in [0.15, 0.2) is 45.6 Å². The van der Waals surface area contributed by atoms with Gasteiger partial charge in [0.05, 0.1) is 22.4 Å². The first kappa shape index (κ1) is 19.1. The second kappa shape index (κ2) is 8.79. The lowest BCUT2D eigenvalue weighted by Gasteiger charge is -2.15. The Labute approximate surface area is 169 Å². The van der Waals surface area contributed by atoms with Gasteiger partial charge in [0.1, 0.15) is 17.4 Å². The van der Waals surface area contributed by atoms with E-state index in [4.69, 9.17) is 4.74 Å². The fourth-order valence-electron chi connectivity index (χ4n) is 2.32. The van der Waals surface area contributed by atoms with Crippen LogP contribution in [0, 0.1) is 6.92 Å². The van der Waals surface area contributed by atoms with Gasteiger partial charge in [-0.25, -0.2) is 4.98 Å². The normalized spacial score (nSPS) is 10.7. The highest BCUT2D eigenvalue weighted by Crippen LogP contribution is 2.23. The lowest BCUT2D eigenvalue weighted by Crippen LogP contribution is -2.27. The summed E-state index contributed by atoms with van der Waals surface area (Å²) in [7, 11) is 1.82. The number of aromatic nitrogens is 1. The number of nitrogens with zero attached hydrogens (tertiary/aromatic N) is 2. The van der Waals surface area contributed by atoms with Crippen LogP contribution in [0.4, 0.5) is 0 Å². The summed E-state index contributed by atoms with van der Waals surface area (Å²) < 4.78 is 6.82. The first-order valence-corrected chi connectivity index (χ1v) is 10.6. The number of carbonyl (C=O) groups is 1. The Morgan fingerprint density at radius 2 is 2.00 bits per heavy atom. The van der Waals surface area contributed by atoms with E-state index >= 15 is 0 Å². The largest absolute Gasteiger partial charge is 0.486 e. The van der Waals surface area contributed by atoms with Crippen LogP contribution in [-0.2, 0) is 24.4 Å². The zero-order chi connectivity index (χ0) is 18.5. The SMILES string of the molecule is Cc1ccc(OCc2nc(CC(=O)N(C)Cc3ccc(Br)s3)cs2)cc1. The van der Waals surface area contributed by atoms with Crippen molar-refractivity contribution in [2.24, 2.45) is 0 Å². The number of aryl methyl sites for hydroxylation is 1. The quantitative estimate of drug-likeness (QED) is 0.505. The Morgan fingerprint density at radius 1 is 1.23 bits per heavy atom. The fraction of sp³-hybridized carbons (Fsp3) is 0.263. The van der Waals surface area contributed by atoms with Crippen LogP contribution in [0.2, 0.25) is 0 Å². The van der Waals surface area contributed by atoms with Gasteiger partial charge in [-0.15, -0.1) is 22.7 Å². The second-order valence-electron chi connectivity index (χ2n) is 5.97. The first-order chi connectivity index (χ1) is 12.5. The molecule has 0 N–H and O–H groups in total. The number of ether oxygens (including phenoxy) is 1. The van der Waals surface area contributed by atoms with Crippen molar-refractivity contribution in [2.75, 3.05) is 7.05 Å². The number of thiophene rings is 1. The molecule has 0 saturated carbocycles. The fourth-order valence-corrected chi connectivity index (χ4v) is 4.57. The van der Waals surface area contributed by atoms with Gasteiger partial charge in [-0.1, -0.05) is 17.7 Å². The summed E-state index contributed by atoms with van der Waals surface area (Å²) in [5, 5.41) is 2.81. The van der Waals surface area contributed by atoms with Crippen LogP contribution in [-0.4, -0.2) is 22.8 Å². The number of carbonyl (C=O) groups excluding carboxylic acids is 1. The summed E-state index contributed by atoms with van der Waals surface area (Å²) in [5.74, 6) is 0.885. The van der Waals surface area contributed by atoms with Crippen molar-refractivity contribution >= 4 is 44.5 Å². The van der Waals surface area contributed by atoms with Crippen molar-refractivity contribution < 1.29 is 9.53 Å². The van der Waals surface area contributed by atoms with Crippen molar-refractivity contribution in [3.05, 3.63) is 66.7 Å². The van der Waals surface area contributed by atoms with Gasteiger partial charge in [-0.2, -0.15) is 0 Å². The molecular formula is C19H19BrN2O2S2. The van der Waals surface area contributed by atoms with Gasteiger partial charge in [0.25, 0.3) is 0 Å². The minimum atomic E-state index is 0.0609. The van der Waals surface area contributed by atoms with Crippen LogP contribution in [0.5, 0.6) is 5.75 Å². The number of hydrogen-bond acceptors (Lipinski definition) is 5.